The van der Waals surface area contributed by atoms with Gasteiger partial charge in [-0.2, -0.15) is 22.7 Å². The second-order valence-corrected chi connectivity index (χ2v) is 11.7. The fraction of sp³-hybridized carbons (Fsp3) is 0.333. The van der Waals surface area contributed by atoms with Crippen molar-refractivity contribution in [2.24, 2.45) is 0 Å². The summed E-state index contributed by atoms with van der Waals surface area (Å²) >= 11 is 6.09. The smallest absolute Gasteiger partial charge is 0.377 e. The second-order valence-electron chi connectivity index (χ2n) is 11.3. The van der Waals surface area contributed by atoms with E-state index < -0.39 is 23.1 Å². The lowest BCUT2D eigenvalue weighted by atomic mass is 9.75. The number of carbonyl (C=O) groups excluding carboxylic acids is 2. The molecule has 2 aliphatic heterocycles. The summed E-state index contributed by atoms with van der Waals surface area (Å²) in [4.78, 5) is 50.9. The molecule has 0 saturated carbocycles. The van der Waals surface area contributed by atoms with Crippen LogP contribution in [0, 0.1) is 0 Å². The van der Waals surface area contributed by atoms with Crippen molar-refractivity contribution in [1.29, 1.82) is 0 Å². The van der Waals surface area contributed by atoms with Crippen molar-refractivity contribution in [3.8, 4) is 0 Å². The van der Waals surface area contributed by atoms with Crippen LogP contribution in [-0.4, -0.2) is 67.2 Å². The average Bonchev–Trinajstić information content (AvgIpc) is 3.64. The average molecular weight is 640 g/mol. The minimum Gasteiger partial charge on any atom is -0.377 e. The molecule has 0 bridgehead atoms. The highest BCUT2D eigenvalue weighted by Gasteiger charge is 2.53. The topological polar surface area (TPSA) is 124 Å². The number of fused-ring (bicyclic) bond motifs is 3. The zero-order valence-electron chi connectivity index (χ0n) is 23.6. The van der Waals surface area contributed by atoms with Crippen molar-refractivity contribution in [3.05, 3.63) is 92.4 Å². The number of carbonyl (C=O) groups is 2. The van der Waals surface area contributed by atoms with Crippen molar-refractivity contribution in [2.45, 2.75) is 37.4 Å². The third kappa shape index (κ3) is 5.07. The van der Waals surface area contributed by atoms with Gasteiger partial charge in [-0.25, -0.2) is 0 Å². The Morgan fingerprint density at radius 3 is 2.64 bits per heavy atom. The molecule has 0 radical (unpaired) electrons. The first-order chi connectivity index (χ1) is 21.5. The molecule has 1 N–H and O–H groups in total. The van der Waals surface area contributed by atoms with Gasteiger partial charge >= 0.3 is 6.18 Å². The van der Waals surface area contributed by atoms with Crippen molar-refractivity contribution in [2.75, 3.05) is 31.6 Å². The molecule has 7 rings (SSSR count). The van der Waals surface area contributed by atoms with Crippen molar-refractivity contribution < 1.29 is 27.5 Å². The fourth-order valence-corrected chi connectivity index (χ4v) is 6.56. The minimum absolute atomic E-state index is 0.0111. The van der Waals surface area contributed by atoms with Gasteiger partial charge in [-0.1, -0.05) is 23.7 Å². The van der Waals surface area contributed by atoms with Gasteiger partial charge in [0.25, 0.3) is 11.5 Å². The number of rotatable bonds is 5. The lowest BCUT2D eigenvalue weighted by Crippen LogP contribution is -2.62. The van der Waals surface area contributed by atoms with E-state index in [1.807, 2.05) is 6.08 Å². The molecule has 0 unspecified atom stereocenters. The van der Waals surface area contributed by atoms with Gasteiger partial charge in [0, 0.05) is 36.0 Å². The van der Waals surface area contributed by atoms with E-state index in [1.165, 1.54) is 4.52 Å². The van der Waals surface area contributed by atoms with Crippen LogP contribution in [0.15, 0.2) is 53.5 Å². The molecule has 15 heteroatoms. The first-order valence-electron chi connectivity index (χ1n) is 14.2. The Bertz CT molecular complexity index is 1950. The summed E-state index contributed by atoms with van der Waals surface area (Å²) in [6.45, 7) is 1.14. The van der Waals surface area contributed by atoms with Gasteiger partial charge in [0.05, 0.1) is 29.5 Å². The monoisotopic (exact) mass is 639 g/mol. The SMILES string of the molecule is O=C(Cn1c2c(c(=O)n3nc(C4=CCOCC4)nc13)C1(CC2)CN(C(=O)c2ccccn2)C1)Nc1ccc(C(F)(F)F)cc1Cl. The number of halogens is 4. The van der Waals surface area contributed by atoms with E-state index in [1.54, 1.807) is 33.9 Å². The number of likely N-dealkylation sites (tertiary alicyclic amines) is 1. The highest BCUT2D eigenvalue weighted by atomic mass is 35.5. The number of nitrogens with one attached hydrogen (secondary N) is 1. The Morgan fingerprint density at radius 2 is 1.96 bits per heavy atom. The molecule has 4 aromatic rings. The van der Waals surface area contributed by atoms with Crippen molar-refractivity contribution >= 4 is 40.5 Å². The number of alkyl halides is 3. The first-order valence-corrected chi connectivity index (χ1v) is 14.6. The number of pyridine rings is 1. The van der Waals surface area contributed by atoms with Crippen LogP contribution in [0.1, 0.15) is 46.0 Å². The molecule has 232 valence electrons. The van der Waals surface area contributed by atoms with Crippen LogP contribution < -0.4 is 10.9 Å². The van der Waals surface area contributed by atoms with Crippen LogP contribution in [0.2, 0.25) is 5.02 Å². The third-order valence-electron chi connectivity index (χ3n) is 8.50. The van der Waals surface area contributed by atoms with E-state index in [4.69, 9.17) is 16.3 Å². The minimum atomic E-state index is -4.59. The Morgan fingerprint density at radius 1 is 1.13 bits per heavy atom. The van der Waals surface area contributed by atoms with Crippen LogP contribution in [0.5, 0.6) is 0 Å². The summed E-state index contributed by atoms with van der Waals surface area (Å²) in [6, 6.07) is 7.77. The normalized spacial score (nSPS) is 17.2. The van der Waals surface area contributed by atoms with E-state index in [-0.39, 0.29) is 34.5 Å². The molecule has 45 heavy (non-hydrogen) atoms. The summed E-state index contributed by atoms with van der Waals surface area (Å²) in [5.74, 6) is -0.319. The Labute approximate surface area is 258 Å². The molecular formula is C30H25ClF3N7O4. The number of hydrogen-bond acceptors (Lipinski definition) is 7. The molecule has 3 aliphatic rings. The van der Waals surface area contributed by atoms with E-state index in [0.717, 1.165) is 23.8 Å². The zero-order chi connectivity index (χ0) is 31.5. The van der Waals surface area contributed by atoms with Crippen LogP contribution in [0.4, 0.5) is 18.9 Å². The number of benzene rings is 1. The number of anilines is 1. The van der Waals surface area contributed by atoms with Gasteiger partial charge in [0.15, 0.2) is 5.82 Å². The molecule has 1 fully saturated rings. The van der Waals surface area contributed by atoms with Crippen molar-refractivity contribution in [1.82, 2.24) is 29.0 Å². The highest BCUT2D eigenvalue weighted by Crippen LogP contribution is 2.44. The molecular weight excluding hydrogens is 615 g/mol. The number of nitrogens with zero attached hydrogens (tertiary/aromatic N) is 6. The molecule has 1 saturated heterocycles. The van der Waals surface area contributed by atoms with Crippen LogP contribution in [-0.2, 0) is 34.1 Å². The fourth-order valence-electron chi connectivity index (χ4n) is 6.33. The molecule has 1 aromatic carbocycles. The van der Waals surface area contributed by atoms with Gasteiger partial charge in [-0.3, -0.25) is 19.4 Å². The van der Waals surface area contributed by atoms with Crippen molar-refractivity contribution in [3.63, 3.8) is 0 Å². The van der Waals surface area contributed by atoms with E-state index in [2.05, 4.69) is 20.4 Å². The predicted octanol–water partition coefficient (Wildman–Crippen LogP) is 3.74. The molecule has 2 amide bonds. The van der Waals surface area contributed by atoms with E-state index in [9.17, 15) is 27.6 Å². The molecule has 1 spiro atoms. The summed E-state index contributed by atoms with van der Waals surface area (Å²) in [5.41, 5.74) is 0.261. The summed E-state index contributed by atoms with van der Waals surface area (Å²) in [6.07, 6.45) is 0.357. The molecule has 3 aromatic heterocycles. The highest BCUT2D eigenvalue weighted by molar-refractivity contribution is 6.33. The number of ether oxygens (including phenoxy) is 1. The van der Waals surface area contributed by atoms with Crippen LogP contribution in [0.3, 0.4) is 0 Å². The summed E-state index contributed by atoms with van der Waals surface area (Å²) in [5, 5.41) is 6.85. The van der Waals surface area contributed by atoms with Crippen LogP contribution >= 0.6 is 11.6 Å². The van der Waals surface area contributed by atoms with Gasteiger partial charge in [-0.15, -0.1) is 5.10 Å². The van der Waals surface area contributed by atoms with Gasteiger partial charge in [0.2, 0.25) is 11.7 Å². The third-order valence-corrected chi connectivity index (χ3v) is 8.82. The quantitative estimate of drug-likeness (QED) is 0.353. The van der Waals surface area contributed by atoms with Gasteiger partial charge < -0.3 is 19.5 Å². The maximum Gasteiger partial charge on any atom is 0.416 e. The number of amides is 2. The molecule has 0 atom stereocenters. The van der Waals surface area contributed by atoms with Gasteiger partial charge in [-0.05, 0) is 55.2 Å². The predicted molar refractivity (Wildman–Crippen MR) is 156 cm³/mol. The summed E-state index contributed by atoms with van der Waals surface area (Å²) < 4.78 is 47.6. The standard InChI is InChI=1S/C30H25ClF3N7O4/c31-19-13-18(30(32,33)34)4-5-20(19)36-23(42)14-40-22-6-9-29(15-39(16-29)26(43)21-3-1-2-10-35-21)24(22)27(44)41-28(40)37-25(38-41)17-7-11-45-12-8-17/h1-5,7,10,13H,6,8-9,11-12,14-16H2,(H,36,42). The second kappa shape index (κ2) is 10.8. The van der Waals surface area contributed by atoms with Gasteiger partial charge in [0.1, 0.15) is 12.2 Å². The first kappa shape index (κ1) is 29.2. The Balaban J connectivity index is 1.25. The number of hydrogen-bond donors (Lipinski definition) is 1. The lowest BCUT2D eigenvalue weighted by Gasteiger charge is -2.48. The molecule has 5 heterocycles. The number of aromatic nitrogens is 5. The maximum absolute atomic E-state index is 14.0. The largest absolute Gasteiger partial charge is 0.416 e. The van der Waals surface area contributed by atoms with E-state index >= 15 is 0 Å². The lowest BCUT2D eigenvalue weighted by molar-refractivity contribution is -0.137. The Kier molecular flexibility index (Phi) is 7.00. The molecule has 1 aliphatic carbocycles. The maximum atomic E-state index is 14.0. The zero-order valence-corrected chi connectivity index (χ0v) is 24.4. The Hall–Kier alpha value is -4.56. The van der Waals surface area contributed by atoms with Crippen LogP contribution in [0.25, 0.3) is 11.4 Å². The summed E-state index contributed by atoms with van der Waals surface area (Å²) in [7, 11) is 0. The van der Waals surface area contributed by atoms with E-state index in [0.29, 0.717) is 68.3 Å². The molecule has 11 nitrogen and oxygen atoms in total.